The second-order valence-electron chi connectivity index (χ2n) is 5.72. The summed E-state index contributed by atoms with van der Waals surface area (Å²) < 4.78 is 1.98. The molecule has 0 bridgehead atoms. The highest BCUT2D eigenvalue weighted by Crippen LogP contribution is 2.43. The number of rotatable bonds is 5. The topological polar surface area (TPSA) is 38.0 Å². The number of hydrogen-bond donors (Lipinski definition) is 1. The largest absolute Gasteiger partial charge is 0.388 e. The molecule has 1 heterocycles. The van der Waals surface area contributed by atoms with Gasteiger partial charge in [-0.2, -0.15) is 5.10 Å². The Labute approximate surface area is 120 Å². The van der Waals surface area contributed by atoms with E-state index in [1.165, 1.54) is 18.4 Å². The maximum atomic E-state index is 10.6. The normalized spacial score (nSPS) is 16.4. The lowest BCUT2D eigenvalue weighted by Crippen LogP contribution is -2.10. The quantitative estimate of drug-likeness (QED) is 0.904. The highest BCUT2D eigenvalue weighted by Gasteiger charge is 2.27. The third kappa shape index (κ3) is 2.63. The molecule has 3 nitrogen and oxygen atoms in total. The third-order valence-electron chi connectivity index (χ3n) is 4.06. The van der Waals surface area contributed by atoms with Crippen LogP contribution in [-0.2, 0) is 13.0 Å². The van der Waals surface area contributed by atoms with Crippen molar-refractivity contribution in [3.63, 3.8) is 0 Å². The summed E-state index contributed by atoms with van der Waals surface area (Å²) in [6, 6.07) is 10.4. The molecule has 1 aliphatic rings. The van der Waals surface area contributed by atoms with Crippen molar-refractivity contribution in [1.82, 2.24) is 9.78 Å². The molecule has 1 aromatic carbocycles. The number of aromatic nitrogens is 2. The summed E-state index contributed by atoms with van der Waals surface area (Å²) in [5.74, 6) is 0.665. The molecule has 1 saturated carbocycles. The highest BCUT2D eigenvalue weighted by atomic mass is 16.3. The Hall–Kier alpha value is -1.61. The van der Waals surface area contributed by atoms with Crippen LogP contribution in [0.3, 0.4) is 0 Å². The van der Waals surface area contributed by atoms with Crippen molar-refractivity contribution in [3.05, 3.63) is 52.8 Å². The van der Waals surface area contributed by atoms with Gasteiger partial charge in [0.15, 0.2) is 0 Å². The van der Waals surface area contributed by atoms with Crippen molar-refractivity contribution in [2.45, 2.75) is 51.7 Å². The van der Waals surface area contributed by atoms with Crippen molar-refractivity contribution in [3.8, 4) is 0 Å². The first kappa shape index (κ1) is 13.4. The minimum Gasteiger partial charge on any atom is -0.388 e. The van der Waals surface area contributed by atoms with E-state index in [1.54, 1.807) is 0 Å². The Morgan fingerprint density at radius 3 is 2.80 bits per heavy atom. The van der Waals surface area contributed by atoms with Gasteiger partial charge in [0.05, 0.1) is 11.8 Å². The fourth-order valence-electron chi connectivity index (χ4n) is 2.93. The molecule has 0 amide bonds. The molecule has 1 atom stereocenters. The van der Waals surface area contributed by atoms with Gasteiger partial charge in [0, 0.05) is 18.7 Å². The van der Waals surface area contributed by atoms with E-state index in [1.807, 2.05) is 17.7 Å². The average molecular weight is 270 g/mol. The first-order valence-electron chi connectivity index (χ1n) is 7.49. The monoisotopic (exact) mass is 270 g/mol. The SMILES string of the molecule is CCn1nc(C)cc1CC(O)c1ccccc1C1CC1. The van der Waals surface area contributed by atoms with E-state index in [4.69, 9.17) is 0 Å². The Morgan fingerprint density at radius 1 is 1.35 bits per heavy atom. The van der Waals surface area contributed by atoms with Crippen molar-refractivity contribution in [2.24, 2.45) is 0 Å². The predicted molar refractivity (Wildman–Crippen MR) is 79.7 cm³/mol. The van der Waals surface area contributed by atoms with Crippen LogP contribution < -0.4 is 0 Å². The first-order valence-corrected chi connectivity index (χ1v) is 7.49. The number of aliphatic hydroxyl groups excluding tert-OH is 1. The molecular formula is C17H22N2O. The molecule has 0 aliphatic heterocycles. The first-order chi connectivity index (χ1) is 9.69. The molecule has 2 aromatic rings. The summed E-state index contributed by atoms with van der Waals surface area (Å²) in [4.78, 5) is 0. The lowest BCUT2D eigenvalue weighted by molar-refractivity contribution is 0.174. The zero-order chi connectivity index (χ0) is 14.1. The number of aliphatic hydroxyl groups is 1. The van der Waals surface area contributed by atoms with E-state index in [0.717, 1.165) is 23.5 Å². The van der Waals surface area contributed by atoms with Crippen LogP contribution in [0.1, 0.15) is 54.3 Å². The number of hydrogen-bond acceptors (Lipinski definition) is 2. The fraction of sp³-hybridized carbons (Fsp3) is 0.471. The molecular weight excluding hydrogens is 248 g/mol. The summed E-state index contributed by atoms with van der Waals surface area (Å²) in [5.41, 5.74) is 4.56. The molecule has 1 aromatic heterocycles. The molecule has 3 rings (SSSR count). The van der Waals surface area contributed by atoms with Gasteiger partial charge >= 0.3 is 0 Å². The van der Waals surface area contributed by atoms with Gasteiger partial charge in [-0.15, -0.1) is 0 Å². The third-order valence-corrected chi connectivity index (χ3v) is 4.06. The summed E-state index contributed by atoms with van der Waals surface area (Å²) >= 11 is 0. The van der Waals surface area contributed by atoms with Gasteiger partial charge in [-0.3, -0.25) is 4.68 Å². The number of nitrogens with zero attached hydrogens (tertiary/aromatic N) is 2. The van der Waals surface area contributed by atoms with Gasteiger partial charge in [-0.25, -0.2) is 0 Å². The van der Waals surface area contributed by atoms with E-state index >= 15 is 0 Å². The van der Waals surface area contributed by atoms with E-state index < -0.39 is 6.10 Å². The zero-order valence-corrected chi connectivity index (χ0v) is 12.2. The van der Waals surface area contributed by atoms with Gasteiger partial charge in [-0.05, 0) is 49.8 Å². The molecule has 0 saturated heterocycles. The van der Waals surface area contributed by atoms with Gasteiger partial charge in [0.1, 0.15) is 0 Å². The summed E-state index contributed by atoms with van der Waals surface area (Å²) in [6.45, 7) is 4.93. The second-order valence-corrected chi connectivity index (χ2v) is 5.72. The maximum Gasteiger partial charge on any atom is 0.0848 e. The van der Waals surface area contributed by atoms with Crippen molar-refractivity contribution in [2.75, 3.05) is 0 Å². The van der Waals surface area contributed by atoms with Crippen LogP contribution in [0.5, 0.6) is 0 Å². The van der Waals surface area contributed by atoms with Crippen LogP contribution in [0, 0.1) is 6.92 Å². The van der Waals surface area contributed by atoms with Crippen molar-refractivity contribution in [1.29, 1.82) is 0 Å². The molecule has 0 radical (unpaired) electrons. The lowest BCUT2D eigenvalue weighted by atomic mass is 9.96. The molecule has 1 N–H and O–H groups in total. The van der Waals surface area contributed by atoms with Crippen LogP contribution in [0.2, 0.25) is 0 Å². The maximum absolute atomic E-state index is 10.6. The van der Waals surface area contributed by atoms with Crippen LogP contribution in [0.15, 0.2) is 30.3 Å². The van der Waals surface area contributed by atoms with Crippen molar-refractivity contribution < 1.29 is 5.11 Å². The Morgan fingerprint density at radius 2 is 2.10 bits per heavy atom. The van der Waals surface area contributed by atoms with Crippen LogP contribution in [0.4, 0.5) is 0 Å². The van der Waals surface area contributed by atoms with Gasteiger partial charge in [0.2, 0.25) is 0 Å². The van der Waals surface area contributed by atoms with Gasteiger partial charge < -0.3 is 5.11 Å². The molecule has 20 heavy (non-hydrogen) atoms. The fourth-order valence-corrected chi connectivity index (χ4v) is 2.93. The molecule has 0 spiro atoms. The smallest absolute Gasteiger partial charge is 0.0848 e. The van der Waals surface area contributed by atoms with E-state index in [-0.39, 0.29) is 0 Å². The van der Waals surface area contributed by atoms with Gasteiger partial charge in [0.25, 0.3) is 0 Å². The van der Waals surface area contributed by atoms with Crippen LogP contribution in [-0.4, -0.2) is 14.9 Å². The summed E-state index contributed by atoms with van der Waals surface area (Å²) in [6.07, 6.45) is 2.72. The highest BCUT2D eigenvalue weighted by molar-refractivity contribution is 5.35. The number of aryl methyl sites for hydroxylation is 2. The summed E-state index contributed by atoms with van der Waals surface area (Å²) in [7, 11) is 0. The van der Waals surface area contributed by atoms with E-state index in [2.05, 4.69) is 36.3 Å². The molecule has 1 aliphatic carbocycles. The Balaban J connectivity index is 1.84. The van der Waals surface area contributed by atoms with Crippen molar-refractivity contribution >= 4 is 0 Å². The molecule has 3 heteroatoms. The number of benzene rings is 1. The predicted octanol–water partition coefficient (Wildman–Crippen LogP) is 3.36. The minimum absolute atomic E-state index is 0.437. The Kier molecular flexibility index (Phi) is 3.62. The standard InChI is InChI=1S/C17H22N2O/c1-3-19-14(10-12(2)18-19)11-17(20)16-7-5-4-6-15(16)13-8-9-13/h4-7,10,13,17,20H,3,8-9,11H2,1-2H3. The van der Waals surface area contributed by atoms with E-state index in [9.17, 15) is 5.11 Å². The average Bonchev–Trinajstić information content (AvgIpc) is 3.23. The molecule has 1 fully saturated rings. The zero-order valence-electron chi connectivity index (χ0n) is 12.2. The molecule has 1 unspecified atom stereocenters. The van der Waals surface area contributed by atoms with Crippen LogP contribution >= 0.6 is 0 Å². The second kappa shape index (κ2) is 5.41. The van der Waals surface area contributed by atoms with Crippen LogP contribution in [0.25, 0.3) is 0 Å². The lowest BCUT2D eigenvalue weighted by Gasteiger charge is -2.16. The van der Waals surface area contributed by atoms with Gasteiger partial charge in [-0.1, -0.05) is 24.3 Å². The summed E-state index contributed by atoms with van der Waals surface area (Å²) in [5, 5.41) is 15.1. The molecule has 106 valence electrons. The van der Waals surface area contributed by atoms with E-state index in [0.29, 0.717) is 12.3 Å². The minimum atomic E-state index is -0.437. The Bertz CT molecular complexity index is 599.